The van der Waals surface area contributed by atoms with Crippen molar-refractivity contribution >= 4 is 5.97 Å². The lowest BCUT2D eigenvalue weighted by Crippen LogP contribution is -2.54. The number of carboxylic acids is 1. The van der Waals surface area contributed by atoms with Crippen LogP contribution in [-0.4, -0.2) is 29.8 Å². The molecule has 1 aliphatic heterocycles. The fourth-order valence-corrected chi connectivity index (χ4v) is 10.4. The molecule has 0 bridgehead atoms. The minimum Gasteiger partial charge on any atom is -0.481 e. The van der Waals surface area contributed by atoms with Gasteiger partial charge in [0.25, 0.3) is 0 Å². The molecule has 6 heteroatoms. The van der Waals surface area contributed by atoms with Gasteiger partial charge in [-0.25, -0.2) is 0 Å². The van der Waals surface area contributed by atoms with Crippen LogP contribution in [-0.2, 0) is 9.53 Å². The van der Waals surface area contributed by atoms with Crippen molar-refractivity contribution in [1.82, 2.24) is 0 Å². The Bertz CT molecular complexity index is 900. The number of hydrogen-bond donors (Lipinski definition) is 1. The third kappa shape index (κ3) is 4.23. The van der Waals surface area contributed by atoms with E-state index in [1.807, 2.05) is 0 Å². The van der Waals surface area contributed by atoms with Crippen LogP contribution in [0.2, 0.25) is 0 Å². The molecule has 4 aliphatic carbocycles. The lowest BCUT2D eigenvalue weighted by molar-refractivity contribution is -0.142. The lowest BCUT2D eigenvalue weighted by atomic mass is 9.44. The van der Waals surface area contributed by atoms with Crippen LogP contribution < -0.4 is 0 Å². The molecule has 5 aliphatic rings. The highest BCUT2D eigenvalue weighted by atomic mass is 16.5. The Hall–Kier alpha value is -1.52. The molecular weight excluding hydrogens is 438 g/mol. The van der Waals surface area contributed by atoms with Crippen LogP contribution in [0.3, 0.4) is 0 Å². The van der Waals surface area contributed by atoms with Gasteiger partial charge in [-0.15, -0.1) is 0 Å². The van der Waals surface area contributed by atoms with Crippen LogP contribution in [0.4, 0.5) is 0 Å². The Balaban J connectivity index is 1.26. The van der Waals surface area contributed by atoms with Crippen LogP contribution in [0.25, 0.3) is 10.4 Å². The van der Waals surface area contributed by atoms with Gasteiger partial charge in [0.1, 0.15) is 0 Å². The number of carboxylic acid groups (broad SMARTS) is 1. The molecule has 0 amide bonds. The molecule has 6 nitrogen and oxygen atoms in total. The number of fused-ring (bicyclic) bond motifs is 7. The minimum atomic E-state index is -0.620. The lowest BCUT2D eigenvalue weighted by Gasteiger charge is -2.61. The van der Waals surface area contributed by atoms with Crippen molar-refractivity contribution in [3.05, 3.63) is 22.6 Å². The molecule has 0 aromatic heterocycles. The van der Waals surface area contributed by atoms with Crippen LogP contribution in [0.1, 0.15) is 91.4 Å². The number of hydrogen-bond acceptors (Lipinski definition) is 3. The summed E-state index contributed by atoms with van der Waals surface area (Å²) < 4.78 is 6.77. The standard InChI is InChI=1S/C29H45N3O3/c1-17(16-31-32-30)5-8-24-18(2)27-25(35-24)15-23-21-7-6-20-13-19(14-26(33)34)9-11-28(20,3)22(21)10-12-29(23,27)4/h18-25,27H,1,5-16H2,2-4H3,(H,33,34)/t18-,19?,20?,21-,22+,23+,24?,25+,27+,28+,29+/m1/s1. The average molecular weight is 484 g/mol. The first-order valence-electron chi connectivity index (χ1n) is 14.2. The average Bonchev–Trinajstić information content (AvgIpc) is 3.29. The molecule has 0 aromatic rings. The van der Waals surface area contributed by atoms with Gasteiger partial charge >= 0.3 is 5.97 Å². The second kappa shape index (κ2) is 9.41. The fraction of sp³-hybridized carbons (Fsp3) is 0.897. The summed E-state index contributed by atoms with van der Waals surface area (Å²) in [6, 6.07) is 0. The summed E-state index contributed by atoms with van der Waals surface area (Å²) in [5, 5.41) is 13.0. The van der Waals surface area contributed by atoms with E-state index in [-0.39, 0.29) is 0 Å². The van der Waals surface area contributed by atoms with Crippen LogP contribution in [0.5, 0.6) is 0 Å². The quantitative estimate of drug-likeness (QED) is 0.177. The van der Waals surface area contributed by atoms with Gasteiger partial charge in [0.15, 0.2) is 0 Å². The van der Waals surface area contributed by atoms with Gasteiger partial charge in [-0.3, -0.25) is 4.79 Å². The topological polar surface area (TPSA) is 95.3 Å². The Morgan fingerprint density at radius 1 is 1.14 bits per heavy atom. The first-order chi connectivity index (χ1) is 16.7. The van der Waals surface area contributed by atoms with Crippen molar-refractivity contribution in [2.45, 2.75) is 104 Å². The summed E-state index contributed by atoms with van der Waals surface area (Å²) in [7, 11) is 0. The smallest absolute Gasteiger partial charge is 0.303 e. The second-order valence-electron chi connectivity index (χ2n) is 13.5. The number of carbonyl (C=O) groups is 1. The summed E-state index contributed by atoms with van der Waals surface area (Å²) >= 11 is 0. The molecule has 5 fully saturated rings. The third-order valence-electron chi connectivity index (χ3n) is 12.0. The van der Waals surface area contributed by atoms with Crippen molar-refractivity contribution in [1.29, 1.82) is 0 Å². The van der Waals surface area contributed by atoms with E-state index in [1.165, 1.54) is 38.5 Å². The highest BCUT2D eigenvalue weighted by molar-refractivity contribution is 5.67. The zero-order chi connectivity index (χ0) is 25.0. The van der Waals surface area contributed by atoms with Crippen molar-refractivity contribution < 1.29 is 14.6 Å². The summed E-state index contributed by atoms with van der Waals surface area (Å²) in [6.07, 6.45) is 12.9. The van der Waals surface area contributed by atoms with Gasteiger partial charge in [-0.1, -0.05) is 38.0 Å². The second-order valence-corrected chi connectivity index (χ2v) is 13.5. The predicted molar refractivity (Wildman–Crippen MR) is 137 cm³/mol. The highest BCUT2D eigenvalue weighted by Gasteiger charge is 2.65. The summed E-state index contributed by atoms with van der Waals surface area (Å²) in [4.78, 5) is 14.2. The fourth-order valence-electron chi connectivity index (χ4n) is 10.4. The van der Waals surface area contributed by atoms with Gasteiger partial charge in [0, 0.05) is 17.9 Å². The SMILES string of the molecule is C=C(CCC1O[C@H]2C[C@H]3[C@@H]4CCC5CC(CC(=O)O)CC[C@]5(C)[C@H]4CC[C@]3(C)[C@H]2[C@@H]1C)CN=[N+]=[N-]. The van der Waals surface area contributed by atoms with E-state index in [9.17, 15) is 9.90 Å². The Labute approximate surface area is 210 Å². The maximum absolute atomic E-state index is 11.3. The number of azide groups is 1. The molecule has 0 radical (unpaired) electrons. The summed E-state index contributed by atoms with van der Waals surface area (Å²) in [5.41, 5.74) is 10.3. The zero-order valence-corrected chi connectivity index (χ0v) is 22.0. The number of rotatable bonds is 7. The molecule has 3 unspecified atom stereocenters. The maximum Gasteiger partial charge on any atom is 0.303 e. The highest BCUT2D eigenvalue weighted by Crippen LogP contribution is 2.70. The maximum atomic E-state index is 11.3. The Morgan fingerprint density at radius 2 is 1.91 bits per heavy atom. The number of nitrogens with zero attached hydrogens (tertiary/aromatic N) is 3. The molecular formula is C29H45N3O3. The van der Waals surface area contributed by atoms with Gasteiger partial charge in [-0.05, 0) is 122 Å². The molecule has 5 rings (SSSR count). The first-order valence-corrected chi connectivity index (χ1v) is 14.2. The molecule has 0 spiro atoms. The van der Waals surface area contributed by atoms with Crippen molar-refractivity contribution in [2.24, 2.45) is 57.4 Å². The number of ether oxygens (including phenoxy) is 1. The molecule has 194 valence electrons. The van der Waals surface area contributed by atoms with E-state index in [2.05, 4.69) is 37.4 Å². The molecule has 1 saturated heterocycles. The Morgan fingerprint density at radius 3 is 2.66 bits per heavy atom. The monoisotopic (exact) mass is 483 g/mol. The predicted octanol–water partition coefficient (Wildman–Crippen LogP) is 7.40. The third-order valence-corrected chi connectivity index (χ3v) is 12.0. The molecule has 35 heavy (non-hydrogen) atoms. The number of aliphatic carboxylic acids is 1. The van der Waals surface area contributed by atoms with Gasteiger partial charge in [0.2, 0.25) is 0 Å². The van der Waals surface area contributed by atoms with E-state index >= 15 is 0 Å². The largest absolute Gasteiger partial charge is 0.481 e. The van der Waals surface area contributed by atoms with Gasteiger partial charge < -0.3 is 9.84 Å². The van der Waals surface area contributed by atoms with Gasteiger partial charge in [-0.2, -0.15) is 0 Å². The van der Waals surface area contributed by atoms with Crippen molar-refractivity contribution in [3.63, 3.8) is 0 Å². The normalized spacial score (nSPS) is 48.1. The van der Waals surface area contributed by atoms with E-state index in [1.54, 1.807) is 0 Å². The zero-order valence-electron chi connectivity index (χ0n) is 22.0. The van der Waals surface area contributed by atoms with Crippen LogP contribution >= 0.6 is 0 Å². The first kappa shape index (κ1) is 25.1. The summed E-state index contributed by atoms with van der Waals surface area (Å²) in [6.45, 7) is 12.1. The van der Waals surface area contributed by atoms with Crippen molar-refractivity contribution in [2.75, 3.05) is 6.54 Å². The van der Waals surface area contributed by atoms with E-state index < -0.39 is 5.97 Å². The summed E-state index contributed by atoms with van der Waals surface area (Å²) in [5.74, 6) is 4.09. The molecule has 1 heterocycles. The molecule has 11 atom stereocenters. The van der Waals surface area contributed by atoms with Crippen LogP contribution in [0, 0.1) is 52.3 Å². The van der Waals surface area contributed by atoms with Crippen LogP contribution in [0.15, 0.2) is 17.3 Å². The van der Waals surface area contributed by atoms with Gasteiger partial charge in [0.05, 0.1) is 12.2 Å². The molecule has 4 saturated carbocycles. The molecule has 1 N–H and O–H groups in total. The molecule has 0 aromatic carbocycles. The van der Waals surface area contributed by atoms with Crippen molar-refractivity contribution in [3.8, 4) is 0 Å². The Kier molecular flexibility index (Phi) is 6.76. The minimum absolute atomic E-state index is 0.293. The van der Waals surface area contributed by atoms with E-state index in [0.29, 0.717) is 59.7 Å². The van der Waals surface area contributed by atoms with E-state index in [4.69, 9.17) is 10.3 Å². The van der Waals surface area contributed by atoms with E-state index in [0.717, 1.165) is 49.0 Å².